The Morgan fingerprint density at radius 3 is 3.06 bits per heavy atom. The predicted molar refractivity (Wildman–Crippen MR) is 64.5 cm³/mol. The van der Waals surface area contributed by atoms with E-state index in [1.165, 1.54) is 16.5 Å². The Balaban J connectivity index is 2.09. The number of furan rings is 1. The Kier molecular flexibility index (Phi) is 3.59. The van der Waals surface area contributed by atoms with E-state index in [0.717, 1.165) is 25.3 Å². The van der Waals surface area contributed by atoms with E-state index in [0.29, 0.717) is 0 Å². The lowest BCUT2D eigenvalue weighted by molar-refractivity contribution is 0.199. The molecule has 0 amide bonds. The van der Waals surface area contributed by atoms with Crippen molar-refractivity contribution >= 4 is 11.0 Å². The SMILES string of the molecule is COCCNCc1coc2ccc(C)cc12. The third-order valence-electron chi connectivity index (χ3n) is 2.61. The maximum absolute atomic E-state index is 5.49. The lowest BCUT2D eigenvalue weighted by Gasteiger charge is -2.02. The van der Waals surface area contributed by atoms with Gasteiger partial charge >= 0.3 is 0 Å². The summed E-state index contributed by atoms with van der Waals surface area (Å²) < 4.78 is 10.5. The van der Waals surface area contributed by atoms with E-state index in [4.69, 9.17) is 9.15 Å². The highest BCUT2D eigenvalue weighted by Crippen LogP contribution is 2.22. The number of hydrogen-bond donors (Lipinski definition) is 1. The van der Waals surface area contributed by atoms with Gasteiger partial charge in [-0.3, -0.25) is 0 Å². The number of methoxy groups -OCH3 is 1. The fraction of sp³-hybridized carbons (Fsp3) is 0.385. The minimum Gasteiger partial charge on any atom is -0.464 e. The third-order valence-corrected chi connectivity index (χ3v) is 2.61. The van der Waals surface area contributed by atoms with Crippen LogP contribution in [0.25, 0.3) is 11.0 Å². The number of rotatable bonds is 5. The molecule has 3 nitrogen and oxygen atoms in total. The first kappa shape index (κ1) is 11.2. The molecular weight excluding hydrogens is 202 g/mol. The number of fused-ring (bicyclic) bond motifs is 1. The third kappa shape index (κ3) is 2.43. The molecule has 0 atom stereocenters. The summed E-state index contributed by atoms with van der Waals surface area (Å²) in [5, 5.41) is 4.51. The highest BCUT2D eigenvalue weighted by molar-refractivity contribution is 5.81. The van der Waals surface area contributed by atoms with E-state index in [2.05, 4.69) is 24.4 Å². The molecule has 0 saturated carbocycles. The van der Waals surface area contributed by atoms with Crippen LogP contribution in [0.3, 0.4) is 0 Å². The summed E-state index contributed by atoms with van der Waals surface area (Å²) in [5.74, 6) is 0. The van der Waals surface area contributed by atoms with Gasteiger partial charge in [-0.05, 0) is 19.1 Å². The van der Waals surface area contributed by atoms with Gasteiger partial charge in [0.1, 0.15) is 5.58 Å². The van der Waals surface area contributed by atoms with E-state index < -0.39 is 0 Å². The van der Waals surface area contributed by atoms with Gasteiger partial charge < -0.3 is 14.5 Å². The smallest absolute Gasteiger partial charge is 0.134 e. The molecule has 1 heterocycles. The van der Waals surface area contributed by atoms with Crippen molar-refractivity contribution < 1.29 is 9.15 Å². The van der Waals surface area contributed by atoms with Gasteiger partial charge in [-0.2, -0.15) is 0 Å². The van der Waals surface area contributed by atoms with Crippen LogP contribution in [0.4, 0.5) is 0 Å². The largest absolute Gasteiger partial charge is 0.464 e. The van der Waals surface area contributed by atoms with Crippen molar-refractivity contribution in [2.24, 2.45) is 0 Å². The Bertz CT molecular complexity index is 462. The molecule has 1 aromatic carbocycles. The van der Waals surface area contributed by atoms with Gasteiger partial charge in [0, 0.05) is 31.1 Å². The number of ether oxygens (including phenoxy) is 1. The van der Waals surface area contributed by atoms with Crippen molar-refractivity contribution in [1.82, 2.24) is 5.32 Å². The maximum atomic E-state index is 5.49. The van der Waals surface area contributed by atoms with Crippen LogP contribution in [-0.2, 0) is 11.3 Å². The molecular formula is C13H17NO2. The molecule has 0 fully saturated rings. The molecule has 16 heavy (non-hydrogen) atoms. The summed E-state index contributed by atoms with van der Waals surface area (Å²) >= 11 is 0. The van der Waals surface area contributed by atoms with Gasteiger partial charge in [0.2, 0.25) is 0 Å². The van der Waals surface area contributed by atoms with Crippen molar-refractivity contribution in [3.05, 3.63) is 35.6 Å². The summed E-state index contributed by atoms with van der Waals surface area (Å²) in [6, 6.07) is 6.24. The van der Waals surface area contributed by atoms with Gasteiger partial charge in [-0.25, -0.2) is 0 Å². The van der Waals surface area contributed by atoms with Crippen LogP contribution in [0.5, 0.6) is 0 Å². The second-order valence-corrected chi connectivity index (χ2v) is 3.93. The second-order valence-electron chi connectivity index (χ2n) is 3.93. The minimum absolute atomic E-state index is 0.731. The number of aryl methyl sites for hydroxylation is 1. The van der Waals surface area contributed by atoms with Crippen LogP contribution in [0.2, 0.25) is 0 Å². The summed E-state index contributed by atoms with van der Waals surface area (Å²) in [4.78, 5) is 0. The monoisotopic (exact) mass is 219 g/mol. The molecule has 0 aliphatic carbocycles. The van der Waals surface area contributed by atoms with Crippen molar-refractivity contribution in [3.63, 3.8) is 0 Å². The molecule has 0 aliphatic rings. The Hall–Kier alpha value is -1.32. The Morgan fingerprint density at radius 1 is 1.38 bits per heavy atom. The van der Waals surface area contributed by atoms with E-state index in [1.807, 2.05) is 12.3 Å². The molecule has 1 aromatic heterocycles. The first-order valence-electron chi connectivity index (χ1n) is 5.47. The molecule has 86 valence electrons. The normalized spacial score (nSPS) is 11.1. The van der Waals surface area contributed by atoms with Crippen LogP contribution < -0.4 is 5.32 Å². The van der Waals surface area contributed by atoms with Gasteiger partial charge in [0.05, 0.1) is 12.9 Å². The van der Waals surface area contributed by atoms with E-state index in [9.17, 15) is 0 Å². The van der Waals surface area contributed by atoms with Gasteiger partial charge in [0.15, 0.2) is 0 Å². The summed E-state index contributed by atoms with van der Waals surface area (Å²) in [6.45, 7) is 4.50. The van der Waals surface area contributed by atoms with Gasteiger partial charge in [0.25, 0.3) is 0 Å². The van der Waals surface area contributed by atoms with E-state index in [-0.39, 0.29) is 0 Å². The first-order valence-corrected chi connectivity index (χ1v) is 5.47. The summed E-state index contributed by atoms with van der Waals surface area (Å²) in [6.07, 6.45) is 1.82. The zero-order valence-corrected chi connectivity index (χ0v) is 9.75. The summed E-state index contributed by atoms with van der Waals surface area (Å²) in [5.41, 5.74) is 3.41. The first-order chi connectivity index (χ1) is 7.81. The van der Waals surface area contributed by atoms with Crippen LogP contribution >= 0.6 is 0 Å². The minimum atomic E-state index is 0.731. The average Bonchev–Trinajstić information content (AvgIpc) is 2.67. The van der Waals surface area contributed by atoms with Crippen molar-refractivity contribution in [1.29, 1.82) is 0 Å². The zero-order valence-electron chi connectivity index (χ0n) is 9.75. The van der Waals surface area contributed by atoms with Crippen LogP contribution in [-0.4, -0.2) is 20.3 Å². The van der Waals surface area contributed by atoms with Gasteiger partial charge in [-0.15, -0.1) is 0 Å². The maximum Gasteiger partial charge on any atom is 0.134 e. The molecule has 0 aliphatic heterocycles. The molecule has 0 bridgehead atoms. The molecule has 0 spiro atoms. The topological polar surface area (TPSA) is 34.4 Å². The van der Waals surface area contributed by atoms with E-state index in [1.54, 1.807) is 7.11 Å². The quantitative estimate of drug-likeness (QED) is 0.784. The zero-order chi connectivity index (χ0) is 11.4. The predicted octanol–water partition coefficient (Wildman–Crippen LogP) is 2.48. The van der Waals surface area contributed by atoms with Crippen molar-refractivity contribution in [3.8, 4) is 0 Å². The molecule has 3 heteroatoms. The Labute approximate surface area is 95.4 Å². The molecule has 2 rings (SSSR count). The molecule has 1 N–H and O–H groups in total. The molecule has 0 saturated heterocycles. The fourth-order valence-corrected chi connectivity index (χ4v) is 1.73. The molecule has 2 aromatic rings. The highest BCUT2D eigenvalue weighted by atomic mass is 16.5. The van der Waals surface area contributed by atoms with Crippen LogP contribution in [0, 0.1) is 6.92 Å². The Morgan fingerprint density at radius 2 is 2.25 bits per heavy atom. The highest BCUT2D eigenvalue weighted by Gasteiger charge is 2.04. The van der Waals surface area contributed by atoms with E-state index >= 15 is 0 Å². The lowest BCUT2D eigenvalue weighted by Crippen LogP contribution is -2.18. The average molecular weight is 219 g/mol. The van der Waals surface area contributed by atoms with Crippen molar-refractivity contribution in [2.45, 2.75) is 13.5 Å². The fourth-order valence-electron chi connectivity index (χ4n) is 1.73. The second kappa shape index (κ2) is 5.14. The standard InChI is InChI=1S/C13H17NO2/c1-10-3-4-13-12(7-10)11(9-16-13)8-14-5-6-15-2/h3-4,7,9,14H,5-6,8H2,1-2H3. The number of benzene rings is 1. The lowest BCUT2D eigenvalue weighted by atomic mass is 10.1. The number of nitrogens with one attached hydrogen (secondary N) is 1. The van der Waals surface area contributed by atoms with Gasteiger partial charge in [-0.1, -0.05) is 11.6 Å². The molecule has 0 radical (unpaired) electrons. The van der Waals surface area contributed by atoms with Crippen molar-refractivity contribution in [2.75, 3.05) is 20.3 Å². The number of hydrogen-bond acceptors (Lipinski definition) is 3. The molecule has 0 unspecified atom stereocenters. The summed E-state index contributed by atoms with van der Waals surface area (Å²) in [7, 11) is 1.71. The van der Waals surface area contributed by atoms with Crippen LogP contribution in [0.15, 0.2) is 28.9 Å². The van der Waals surface area contributed by atoms with Crippen LogP contribution in [0.1, 0.15) is 11.1 Å².